The normalized spacial score (nSPS) is 15.6. The number of carbonyl (C=O) groups is 1. The molecule has 118 valence electrons. The third-order valence-electron chi connectivity index (χ3n) is 3.84. The number of halogens is 2. The summed E-state index contributed by atoms with van der Waals surface area (Å²) in [5, 5.41) is 4.03. The van der Waals surface area contributed by atoms with Gasteiger partial charge < -0.3 is 10.2 Å². The Morgan fingerprint density at radius 1 is 1.38 bits per heavy atom. The van der Waals surface area contributed by atoms with Gasteiger partial charge in [0.1, 0.15) is 0 Å². The quantitative estimate of drug-likeness (QED) is 0.916. The Labute approximate surface area is 138 Å². The highest BCUT2D eigenvalue weighted by Crippen LogP contribution is 2.20. The minimum absolute atomic E-state index is 0. The molecular formula is C16H24Cl2N2O. The zero-order valence-electron chi connectivity index (χ0n) is 12.6. The van der Waals surface area contributed by atoms with E-state index in [9.17, 15) is 4.79 Å². The number of nitrogens with one attached hydrogen (secondary N) is 1. The molecule has 2 rings (SSSR count). The molecule has 0 unspecified atom stereocenters. The van der Waals surface area contributed by atoms with Crippen LogP contribution >= 0.6 is 24.0 Å². The fourth-order valence-electron chi connectivity index (χ4n) is 2.65. The first-order chi connectivity index (χ1) is 9.58. The van der Waals surface area contributed by atoms with Crippen molar-refractivity contribution in [2.75, 3.05) is 13.1 Å². The molecule has 0 atom stereocenters. The van der Waals surface area contributed by atoms with Crippen LogP contribution < -0.4 is 5.32 Å². The zero-order valence-corrected chi connectivity index (χ0v) is 14.2. The number of hydrogen-bond donors (Lipinski definition) is 1. The van der Waals surface area contributed by atoms with E-state index in [1.54, 1.807) is 0 Å². The van der Waals surface area contributed by atoms with Crippen molar-refractivity contribution >= 4 is 29.9 Å². The molecule has 1 amide bonds. The van der Waals surface area contributed by atoms with Gasteiger partial charge in [0, 0.05) is 23.5 Å². The highest BCUT2D eigenvalue weighted by atomic mass is 35.5. The van der Waals surface area contributed by atoms with Gasteiger partial charge >= 0.3 is 0 Å². The van der Waals surface area contributed by atoms with Crippen LogP contribution in [0.2, 0.25) is 5.02 Å². The van der Waals surface area contributed by atoms with Crippen molar-refractivity contribution < 1.29 is 4.79 Å². The maximum Gasteiger partial charge on any atom is 0.226 e. The topological polar surface area (TPSA) is 32.3 Å². The molecule has 1 aliphatic rings. The SMILES string of the molecule is CC(C)N(Cc1cccc(Cl)c1)C(=O)C1CCNCC1.Cl. The number of benzene rings is 1. The van der Waals surface area contributed by atoms with Crippen molar-refractivity contribution in [2.24, 2.45) is 5.92 Å². The summed E-state index contributed by atoms with van der Waals surface area (Å²) in [4.78, 5) is 14.7. The second kappa shape index (κ2) is 8.62. The van der Waals surface area contributed by atoms with Crippen molar-refractivity contribution in [1.82, 2.24) is 10.2 Å². The largest absolute Gasteiger partial charge is 0.336 e. The first kappa shape index (κ1) is 18.3. The van der Waals surface area contributed by atoms with Crippen molar-refractivity contribution in [1.29, 1.82) is 0 Å². The highest BCUT2D eigenvalue weighted by Gasteiger charge is 2.27. The summed E-state index contributed by atoms with van der Waals surface area (Å²) in [6.45, 7) is 6.67. The lowest BCUT2D eigenvalue weighted by molar-refractivity contribution is -0.138. The van der Waals surface area contributed by atoms with Crippen LogP contribution in [0.5, 0.6) is 0 Å². The Hall–Kier alpha value is -0.770. The maximum absolute atomic E-state index is 12.7. The van der Waals surface area contributed by atoms with Crippen LogP contribution in [-0.4, -0.2) is 29.9 Å². The predicted octanol–water partition coefficient (Wildman–Crippen LogP) is 3.50. The van der Waals surface area contributed by atoms with Gasteiger partial charge in [-0.3, -0.25) is 4.79 Å². The lowest BCUT2D eigenvalue weighted by Crippen LogP contribution is -2.43. The fourth-order valence-corrected chi connectivity index (χ4v) is 2.86. The molecule has 3 nitrogen and oxygen atoms in total. The lowest BCUT2D eigenvalue weighted by Gasteiger charge is -2.32. The third kappa shape index (κ3) is 5.17. The molecule has 1 saturated heterocycles. The summed E-state index contributed by atoms with van der Waals surface area (Å²) in [5.41, 5.74) is 1.09. The molecule has 5 heteroatoms. The van der Waals surface area contributed by atoms with Crippen LogP contribution in [0.15, 0.2) is 24.3 Å². The van der Waals surface area contributed by atoms with E-state index < -0.39 is 0 Å². The van der Waals surface area contributed by atoms with Crippen molar-refractivity contribution in [3.63, 3.8) is 0 Å². The summed E-state index contributed by atoms with van der Waals surface area (Å²) in [6.07, 6.45) is 1.88. The van der Waals surface area contributed by atoms with Gasteiger partial charge in [0.05, 0.1) is 0 Å². The fraction of sp³-hybridized carbons (Fsp3) is 0.562. The molecule has 21 heavy (non-hydrogen) atoms. The molecule has 0 saturated carbocycles. The minimum Gasteiger partial charge on any atom is -0.336 e. The molecule has 1 aromatic rings. The van der Waals surface area contributed by atoms with E-state index in [1.165, 1.54) is 0 Å². The zero-order chi connectivity index (χ0) is 14.5. The predicted molar refractivity (Wildman–Crippen MR) is 90.0 cm³/mol. The molecule has 1 aromatic carbocycles. The molecule has 0 radical (unpaired) electrons. The first-order valence-electron chi connectivity index (χ1n) is 7.33. The summed E-state index contributed by atoms with van der Waals surface area (Å²) < 4.78 is 0. The Kier molecular flexibility index (Phi) is 7.50. The highest BCUT2D eigenvalue weighted by molar-refractivity contribution is 6.30. The molecule has 1 fully saturated rings. The van der Waals surface area contributed by atoms with E-state index in [1.807, 2.05) is 29.2 Å². The molecule has 1 N–H and O–H groups in total. The minimum atomic E-state index is 0. The van der Waals surface area contributed by atoms with Gasteiger partial charge in [-0.15, -0.1) is 12.4 Å². The van der Waals surface area contributed by atoms with Gasteiger partial charge in [-0.05, 0) is 57.5 Å². The maximum atomic E-state index is 12.7. The van der Waals surface area contributed by atoms with Crippen molar-refractivity contribution in [3.05, 3.63) is 34.9 Å². The Morgan fingerprint density at radius 3 is 2.62 bits per heavy atom. The number of piperidine rings is 1. The monoisotopic (exact) mass is 330 g/mol. The summed E-state index contributed by atoms with van der Waals surface area (Å²) >= 11 is 6.02. The standard InChI is InChI=1S/C16H23ClN2O.ClH/c1-12(2)19(11-13-4-3-5-15(17)10-13)16(20)14-6-8-18-9-7-14;/h3-5,10,12,14,18H,6-9,11H2,1-2H3;1H. The van der Waals surface area contributed by atoms with Crippen LogP contribution in [0.25, 0.3) is 0 Å². The molecule has 0 aliphatic carbocycles. The van der Waals surface area contributed by atoms with Crippen molar-refractivity contribution in [2.45, 2.75) is 39.3 Å². The number of carbonyl (C=O) groups excluding carboxylic acids is 1. The van der Waals surface area contributed by atoms with Crippen molar-refractivity contribution in [3.8, 4) is 0 Å². The van der Waals surface area contributed by atoms with Gasteiger partial charge in [0.15, 0.2) is 0 Å². The summed E-state index contributed by atoms with van der Waals surface area (Å²) in [6, 6.07) is 7.96. The van der Waals surface area contributed by atoms with Gasteiger partial charge in [0.2, 0.25) is 5.91 Å². The lowest BCUT2D eigenvalue weighted by atomic mass is 9.95. The first-order valence-corrected chi connectivity index (χ1v) is 7.71. The smallest absolute Gasteiger partial charge is 0.226 e. The Bertz CT molecular complexity index is 459. The molecule has 0 aromatic heterocycles. The van der Waals surface area contributed by atoms with E-state index in [0.717, 1.165) is 36.5 Å². The second-order valence-electron chi connectivity index (χ2n) is 5.71. The van der Waals surface area contributed by atoms with Crippen LogP contribution in [-0.2, 0) is 11.3 Å². The average Bonchev–Trinajstić information content (AvgIpc) is 2.45. The van der Waals surface area contributed by atoms with Gasteiger partial charge in [0.25, 0.3) is 0 Å². The van der Waals surface area contributed by atoms with Crippen LogP contribution in [0.3, 0.4) is 0 Å². The van der Waals surface area contributed by atoms with E-state index in [-0.39, 0.29) is 30.3 Å². The molecule has 0 spiro atoms. The number of hydrogen-bond acceptors (Lipinski definition) is 2. The number of nitrogens with zero attached hydrogens (tertiary/aromatic N) is 1. The van der Waals surface area contributed by atoms with Gasteiger partial charge in [-0.1, -0.05) is 23.7 Å². The molecule has 0 bridgehead atoms. The Balaban J connectivity index is 0.00000220. The Morgan fingerprint density at radius 2 is 2.05 bits per heavy atom. The van der Waals surface area contributed by atoms with Crippen LogP contribution in [0.1, 0.15) is 32.3 Å². The molecule has 1 heterocycles. The van der Waals surface area contributed by atoms with E-state index in [0.29, 0.717) is 6.54 Å². The number of amides is 1. The van der Waals surface area contributed by atoms with Gasteiger partial charge in [-0.25, -0.2) is 0 Å². The molecule has 1 aliphatic heterocycles. The van der Waals surface area contributed by atoms with E-state index >= 15 is 0 Å². The van der Waals surface area contributed by atoms with E-state index in [2.05, 4.69) is 19.2 Å². The van der Waals surface area contributed by atoms with Gasteiger partial charge in [-0.2, -0.15) is 0 Å². The summed E-state index contributed by atoms with van der Waals surface area (Å²) in [7, 11) is 0. The van der Waals surface area contributed by atoms with E-state index in [4.69, 9.17) is 11.6 Å². The third-order valence-corrected chi connectivity index (χ3v) is 4.07. The number of rotatable bonds is 4. The van der Waals surface area contributed by atoms with Crippen LogP contribution in [0, 0.1) is 5.92 Å². The van der Waals surface area contributed by atoms with Crippen LogP contribution in [0.4, 0.5) is 0 Å². The molecular weight excluding hydrogens is 307 g/mol. The summed E-state index contributed by atoms with van der Waals surface area (Å²) in [5.74, 6) is 0.444. The second-order valence-corrected chi connectivity index (χ2v) is 6.15. The average molecular weight is 331 g/mol.